The van der Waals surface area contributed by atoms with Crippen molar-refractivity contribution in [3.8, 4) is 0 Å². The van der Waals surface area contributed by atoms with E-state index in [-0.39, 0.29) is 5.91 Å². The van der Waals surface area contributed by atoms with Crippen LogP contribution in [0.4, 0.5) is 0 Å². The van der Waals surface area contributed by atoms with Gasteiger partial charge in [-0.1, -0.05) is 15.9 Å². The van der Waals surface area contributed by atoms with E-state index >= 15 is 0 Å². The molecule has 102 valence electrons. The van der Waals surface area contributed by atoms with Crippen molar-refractivity contribution in [1.82, 2.24) is 15.6 Å². The summed E-state index contributed by atoms with van der Waals surface area (Å²) in [5, 5.41) is 6.87. The maximum absolute atomic E-state index is 11.6. The van der Waals surface area contributed by atoms with E-state index in [9.17, 15) is 4.79 Å². The molecule has 1 amide bonds. The van der Waals surface area contributed by atoms with Gasteiger partial charge in [0.25, 0.3) is 0 Å². The van der Waals surface area contributed by atoms with E-state index in [1.165, 1.54) is 0 Å². The lowest BCUT2D eigenvalue weighted by Crippen LogP contribution is -2.30. The number of benzene rings is 1. The highest BCUT2D eigenvalue weighted by Gasteiger charge is 2.07. The maximum atomic E-state index is 11.6. The first-order valence-corrected chi connectivity index (χ1v) is 7.76. The number of aromatic nitrogens is 1. The smallest absolute Gasteiger partial charge is 0.220 e. The Bertz CT molecular complexity index is 570. The van der Waals surface area contributed by atoms with Crippen molar-refractivity contribution in [2.45, 2.75) is 12.8 Å². The Morgan fingerprint density at radius 3 is 3.05 bits per heavy atom. The number of nitrogens with one attached hydrogen (secondary N) is 2. The number of likely N-dealkylation sites (N-methyl/N-ethyl adjacent to an activating group) is 1. The van der Waals surface area contributed by atoms with E-state index in [4.69, 9.17) is 0 Å². The average molecular weight is 342 g/mol. The Hall–Kier alpha value is -0.980. The van der Waals surface area contributed by atoms with Gasteiger partial charge in [-0.15, -0.1) is 11.3 Å². The molecule has 1 aromatic carbocycles. The fraction of sp³-hybridized carbons (Fsp3) is 0.385. The molecule has 2 aromatic rings. The minimum Gasteiger partial charge on any atom is -0.355 e. The molecule has 0 saturated carbocycles. The topological polar surface area (TPSA) is 54.0 Å². The molecule has 0 bridgehead atoms. The number of nitrogens with zero attached hydrogens (tertiary/aromatic N) is 1. The highest BCUT2D eigenvalue weighted by Crippen LogP contribution is 2.25. The van der Waals surface area contributed by atoms with Gasteiger partial charge in [0.15, 0.2) is 0 Å². The van der Waals surface area contributed by atoms with Crippen molar-refractivity contribution >= 4 is 43.4 Å². The van der Waals surface area contributed by atoms with Crippen molar-refractivity contribution in [1.29, 1.82) is 0 Å². The summed E-state index contributed by atoms with van der Waals surface area (Å²) in [7, 11) is 1.87. The van der Waals surface area contributed by atoms with Crippen LogP contribution in [0.25, 0.3) is 10.2 Å². The summed E-state index contributed by atoms with van der Waals surface area (Å²) in [6.07, 6.45) is 1.19. The van der Waals surface area contributed by atoms with Crippen LogP contribution in [0.2, 0.25) is 0 Å². The molecular formula is C13H16BrN3OS. The standard InChI is InChI=1S/C13H16BrN3OS/c1-15-6-7-16-12(18)4-5-13-17-10-8-9(14)2-3-11(10)19-13/h2-3,8,15H,4-7H2,1H3,(H,16,18). The van der Waals surface area contributed by atoms with Gasteiger partial charge in [-0.3, -0.25) is 4.79 Å². The monoisotopic (exact) mass is 341 g/mol. The van der Waals surface area contributed by atoms with Crippen LogP contribution in [0.15, 0.2) is 22.7 Å². The number of rotatable bonds is 6. The molecule has 4 nitrogen and oxygen atoms in total. The fourth-order valence-corrected chi connectivity index (χ4v) is 2.99. The molecule has 0 radical (unpaired) electrons. The van der Waals surface area contributed by atoms with Crippen molar-refractivity contribution in [2.24, 2.45) is 0 Å². The molecule has 6 heteroatoms. The molecule has 19 heavy (non-hydrogen) atoms. The van der Waals surface area contributed by atoms with Gasteiger partial charge in [-0.05, 0) is 25.2 Å². The second kappa shape index (κ2) is 6.98. The van der Waals surface area contributed by atoms with Gasteiger partial charge in [0, 0.05) is 30.4 Å². The number of halogens is 1. The van der Waals surface area contributed by atoms with Crippen LogP contribution < -0.4 is 10.6 Å². The number of carbonyl (C=O) groups is 1. The van der Waals surface area contributed by atoms with E-state index < -0.39 is 0 Å². The summed E-state index contributed by atoms with van der Waals surface area (Å²) in [6.45, 7) is 1.46. The first-order valence-electron chi connectivity index (χ1n) is 6.15. The van der Waals surface area contributed by atoms with Crippen LogP contribution in [0.3, 0.4) is 0 Å². The first kappa shape index (κ1) is 14.4. The van der Waals surface area contributed by atoms with Gasteiger partial charge in [0.2, 0.25) is 5.91 Å². The predicted molar refractivity (Wildman–Crippen MR) is 82.6 cm³/mol. The Morgan fingerprint density at radius 1 is 1.42 bits per heavy atom. The van der Waals surface area contributed by atoms with Crippen LogP contribution in [0.5, 0.6) is 0 Å². The molecule has 0 aliphatic heterocycles. The zero-order valence-electron chi connectivity index (χ0n) is 10.7. The minimum atomic E-state index is 0.0793. The lowest BCUT2D eigenvalue weighted by molar-refractivity contribution is -0.121. The van der Waals surface area contributed by atoms with E-state index in [0.29, 0.717) is 19.4 Å². The Labute approximate surface area is 124 Å². The van der Waals surface area contributed by atoms with Crippen molar-refractivity contribution in [3.63, 3.8) is 0 Å². The zero-order valence-corrected chi connectivity index (χ0v) is 13.1. The van der Waals surface area contributed by atoms with Crippen molar-refractivity contribution < 1.29 is 4.79 Å². The fourth-order valence-electron chi connectivity index (χ4n) is 1.69. The van der Waals surface area contributed by atoms with Crippen LogP contribution in [-0.2, 0) is 11.2 Å². The van der Waals surface area contributed by atoms with E-state index in [1.807, 2.05) is 25.2 Å². The van der Waals surface area contributed by atoms with Gasteiger partial charge in [0.05, 0.1) is 15.2 Å². The maximum Gasteiger partial charge on any atom is 0.220 e. The second-order valence-corrected chi connectivity index (χ2v) is 6.20. The molecular weight excluding hydrogens is 326 g/mol. The number of aryl methyl sites for hydroxylation is 1. The molecule has 1 heterocycles. The van der Waals surface area contributed by atoms with Crippen LogP contribution >= 0.6 is 27.3 Å². The Kier molecular flexibility index (Phi) is 5.30. The molecule has 0 atom stereocenters. The number of fused-ring (bicyclic) bond motifs is 1. The van der Waals surface area contributed by atoms with Crippen LogP contribution in [0, 0.1) is 0 Å². The first-order chi connectivity index (χ1) is 9.19. The molecule has 2 N–H and O–H groups in total. The minimum absolute atomic E-state index is 0.0793. The van der Waals surface area contributed by atoms with Crippen LogP contribution in [-0.4, -0.2) is 31.0 Å². The molecule has 0 fully saturated rings. The number of hydrogen-bond donors (Lipinski definition) is 2. The summed E-state index contributed by atoms with van der Waals surface area (Å²) in [6, 6.07) is 6.06. The predicted octanol–water partition coefficient (Wildman–Crippen LogP) is 2.33. The number of hydrogen-bond acceptors (Lipinski definition) is 4. The third kappa shape index (κ3) is 4.26. The summed E-state index contributed by atoms with van der Waals surface area (Å²) in [5.74, 6) is 0.0793. The number of amides is 1. The molecule has 2 rings (SSSR count). The average Bonchev–Trinajstić information content (AvgIpc) is 2.78. The number of carbonyl (C=O) groups excluding carboxylic acids is 1. The molecule has 0 spiro atoms. The zero-order chi connectivity index (χ0) is 13.7. The van der Waals surface area contributed by atoms with Crippen LogP contribution in [0.1, 0.15) is 11.4 Å². The van der Waals surface area contributed by atoms with E-state index in [1.54, 1.807) is 11.3 Å². The normalized spacial score (nSPS) is 10.8. The summed E-state index contributed by atoms with van der Waals surface area (Å²) in [4.78, 5) is 16.1. The summed E-state index contributed by atoms with van der Waals surface area (Å²) >= 11 is 5.09. The van der Waals surface area contributed by atoms with Crippen molar-refractivity contribution in [3.05, 3.63) is 27.7 Å². The lowest BCUT2D eigenvalue weighted by Gasteiger charge is -2.02. The molecule has 0 aliphatic carbocycles. The molecule has 0 aliphatic rings. The van der Waals surface area contributed by atoms with E-state index in [0.717, 1.165) is 26.2 Å². The Balaban J connectivity index is 1.89. The van der Waals surface area contributed by atoms with Gasteiger partial charge < -0.3 is 10.6 Å². The van der Waals surface area contributed by atoms with Crippen molar-refractivity contribution in [2.75, 3.05) is 20.1 Å². The Morgan fingerprint density at radius 2 is 2.26 bits per heavy atom. The highest BCUT2D eigenvalue weighted by atomic mass is 79.9. The third-order valence-electron chi connectivity index (χ3n) is 2.66. The highest BCUT2D eigenvalue weighted by molar-refractivity contribution is 9.10. The molecule has 0 saturated heterocycles. The SMILES string of the molecule is CNCCNC(=O)CCc1nc2cc(Br)ccc2s1. The molecule has 1 aromatic heterocycles. The van der Waals surface area contributed by atoms with Gasteiger partial charge >= 0.3 is 0 Å². The van der Waals surface area contributed by atoms with Gasteiger partial charge in [-0.2, -0.15) is 0 Å². The van der Waals surface area contributed by atoms with Gasteiger partial charge in [-0.25, -0.2) is 4.98 Å². The van der Waals surface area contributed by atoms with E-state index in [2.05, 4.69) is 31.5 Å². The third-order valence-corrected chi connectivity index (χ3v) is 4.25. The number of thiazole rings is 1. The van der Waals surface area contributed by atoms with Gasteiger partial charge in [0.1, 0.15) is 0 Å². The largest absolute Gasteiger partial charge is 0.355 e. The second-order valence-electron chi connectivity index (χ2n) is 4.17. The summed E-state index contributed by atoms with van der Waals surface area (Å²) < 4.78 is 2.19. The quantitative estimate of drug-likeness (QED) is 0.793. The molecule has 0 unspecified atom stereocenters. The lowest BCUT2D eigenvalue weighted by atomic mass is 10.3. The summed E-state index contributed by atoms with van der Waals surface area (Å²) in [5.41, 5.74) is 0.991.